The Bertz CT molecular complexity index is 1130. The minimum atomic E-state index is -3.79. The minimum Gasteiger partial charge on any atom is -0.497 e. The zero-order valence-corrected chi connectivity index (χ0v) is 20.1. The molecule has 4 rings (SSSR count). The first-order chi connectivity index (χ1) is 15.5. The summed E-state index contributed by atoms with van der Waals surface area (Å²) < 4.78 is 39.2. The number of methoxy groups -OCH3 is 1. The van der Waals surface area contributed by atoms with Crippen molar-refractivity contribution in [2.45, 2.75) is 18.0 Å². The van der Waals surface area contributed by atoms with Crippen molar-refractivity contribution in [2.24, 2.45) is 0 Å². The molecule has 3 aromatic rings. The highest BCUT2D eigenvalue weighted by molar-refractivity contribution is 7.92. The van der Waals surface area contributed by atoms with Gasteiger partial charge in [-0.05, 0) is 65.5 Å². The summed E-state index contributed by atoms with van der Waals surface area (Å²) in [6.45, 7) is 4.41. The van der Waals surface area contributed by atoms with Gasteiger partial charge in [0.05, 0.1) is 37.5 Å². The van der Waals surface area contributed by atoms with Crippen molar-refractivity contribution in [1.29, 1.82) is 0 Å². The zero-order valence-electron chi connectivity index (χ0n) is 17.7. The predicted octanol–water partition coefficient (Wildman–Crippen LogP) is 4.64. The number of rotatable bonds is 8. The van der Waals surface area contributed by atoms with E-state index in [9.17, 15) is 8.42 Å². The van der Waals surface area contributed by atoms with Gasteiger partial charge in [0.25, 0.3) is 10.0 Å². The number of ether oxygens (including phenoxy) is 2. The topological polar surface area (TPSA) is 59.1 Å². The van der Waals surface area contributed by atoms with E-state index in [2.05, 4.69) is 16.3 Å². The molecular formula is C23H25ClN2O4S2. The van der Waals surface area contributed by atoms with Crippen molar-refractivity contribution in [3.8, 4) is 5.75 Å². The molecule has 0 spiro atoms. The molecule has 0 unspecified atom stereocenters. The van der Waals surface area contributed by atoms with Crippen LogP contribution in [0.5, 0.6) is 5.75 Å². The molecule has 0 amide bonds. The molecule has 1 fully saturated rings. The molecule has 2 heterocycles. The van der Waals surface area contributed by atoms with Crippen LogP contribution in [0, 0.1) is 0 Å². The molecule has 2 aromatic carbocycles. The first-order valence-electron chi connectivity index (χ1n) is 10.2. The molecule has 0 radical (unpaired) electrons. The molecule has 0 aliphatic carbocycles. The second kappa shape index (κ2) is 10.2. The lowest BCUT2D eigenvalue weighted by Gasteiger charge is -2.26. The third-order valence-electron chi connectivity index (χ3n) is 5.28. The van der Waals surface area contributed by atoms with Crippen LogP contribution >= 0.6 is 22.9 Å². The Morgan fingerprint density at radius 1 is 1.09 bits per heavy atom. The van der Waals surface area contributed by atoms with Gasteiger partial charge in [-0.15, -0.1) is 11.3 Å². The second-order valence-corrected chi connectivity index (χ2v) is 10.8. The lowest BCUT2D eigenvalue weighted by Crippen LogP contribution is -2.35. The standard InChI is InChI=1S/C23H25ClN2O4S2/c1-29-21-6-4-20(5-7-21)26(32(27,28)23-8-2-19(24)3-9-23)16-22-14-18(17-31-22)15-25-10-12-30-13-11-25/h2-9,14,17H,10-13,15-16H2,1H3. The van der Waals surface area contributed by atoms with E-state index >= 15 is 0 Å². The quantitative estimate of drug-likeness (QED) is 0.458. The van der Waals surface area contributed by atoms with Crippen molar-refractivity contribution in [3.63, 3.8) is 0 Å². The zero-order chi connectivity index (χ0) is 22.6. The number of benzene rings is 2. The fraction of sp³-hybridized carbons (Fsp3) is 0.304. The average Bonchev–Trinajstić information content (AvgIpc) is 3.25. The van der Waals surface area contributed by atoms with E-state index in [-0.39, 0.29) is 11.4 Å². The van der Waals surface area contributed by atoms with Crippen LogP contribution in [0.2, 0.25) is 5.02 Å². The molecule has 1 aliphatic rings. The average molecular weight is 493 g/mol. The fourth-order valence-electron chi connectivity index (χ4n) is 3.55. The summed E-state index contributed by atoms with van der Waals surface area (Å²) in [5.74, 6) is 0.668. The first kappa shape index (κ1) is 23.1. The fourth-order valence-corrected chi connectivity index (χ4v) is 6.07. The van der Waals surface area contributed by atoms with E-state index in [0.717, 1.165) is 37.7 Å². The molecule has 1 aliphatic heterocycles. The number of hydrogen-bond acceptors (Lipinski definition) is 6. The van der Waals surface area contributed by atoms with Gasteiger partial charge < -0.3 is 9.47 Å². The highest BCUT2D eigenvalue weighted by Gasteiger charge is 2.26. The maximum absolute atomic E-state index is 13.6. The molecular weight excluding hydrogens is 468 g/mol. The van der Waals surface area contributed by atoms with Crippen molar-refractivity contribution >= 4 is 38.6 Å². The molecule has 6 nitrogen and oxygen atoms in total. The Hall–Kier alpha value is -2.10. The lowest BCUT2D eigenvalue weighted by molar-refractivity contribution is 0.0342. The van der Waals surface area contributed by atoms with Gasteiger partial charge in [-0.3, -0.25) is 9.21 Å². The normalized spacial score (nSPS) is 14.9. The Kier molecular flexibility index (Phi) is 7.37. The Labute approximate surface area is 198 Å². The number of anilines is 1. The van der Waals surface area contributed by atoms with E-state index in [0.29, 0.717) is 16.5 Å². The molecule has 9 heteroatoms. The Morgan fingerprint density at radius 3 is 2.44 bits per heavy atom. The maximum atomic E-state index is 13.6. The van der Waals surface area contributed by atoms with Gasteiger partial charge in [0.2, 0.25) is 0 Å². The van der Waals surface area contributed by atoms with Crippen LogP contribution in [0.3, 0.4) is 0 Å². The highest BCUT2D eigenvalue weighted by atomic mass is 35.5. The number of sulfonamides is 1. The van der Waals surface area contributed by atoms with Gasteiger partial charge in [-0.1, -0.05) is 11.6 Å². The van der Waals surface area contributed by atoms with Crippen molar-refractivity contribution in [1.82, 2.24) is 4.90 Å². The number of morpholine rings is 1. The SMILES string of the molecule is COc1ccc(N(Cc2cc(CN3CCOCC3)cs2)S(=O)(=O)c2ccc(Cl)cc2)cc1. The van der Waals surface area contributed by atoms with Crippen LogP contribution in [0.4, 0.5) is 5.69 Å². The van der Waals surface area contributed by atoms with Gasteiger partial charge in [0.15, 0.2) is 0 Å². The van der Waals surface area contributed by atoms with Crippen molar-refractivity contribution < 1.29 is 17.9 Å². The summed E-state index contributed by atoms with van der Waals surface area (Å²) in [6.07, 6.45) is 0. The van der Waals surface area contributed by atoms with E-state index < -0.39 is 10.0 Å². The molecule has 0 bridgehead atoms. The summed E-state index contributed by atoms with van der Waals surface area (Å²) >= 11 is 7.54. The Balaban J connectivity index is 1.61. The number of halogens is 1. The largest absolute Gasteiger partial charge is 0.497 e. The smallest absolute Gasteiger partial charge is 0.264 e. The van der Waals surface area contributed by atoms with Crippen LogP contribution in [0.25, 0.3) is 0 Å². The molecule has 170 valence electrons. The van der Waals surface area contributed by atoms with Crippen LogP contribution in [0.15, 0.2) is 64.9 Å². The van der Waals surface area contributed by atoms with E-state index in [1.807, 2.05) is 0 Å². The van der Waals surface area contributed by atoms with Gasteiger partial charge in [0.1, 0.15) is 5.75 Å². The summed E-state index contributed by atoms with van der Waals surface area (Å²) in [5.41, 5.74) is 1.76. The van der Waals surface area contributed by atoms with Crippen molar-refractivity contribution in [2.75, 3.05) is 37.7 Å². The van der Waals surface area contributed by atoms with E-state index in [1.54, 1.807) is 54.8 Å². The van der Waals surface area contributed by atoms with E-state index in [1.165, 1.54) is 22.0 Å². The van der Waals surface area contributed by atoms with Crippen LogP contribution in [0.1, 0.15) is 10.4 Å². The monoisotopic (exact) mass is 492 g/mol. The van der Waals surface area contributed by atoms with Gasteiger partial charge in [-0.2, -0.15) is 0 Å². The van der Waals surface area contributed by atoms with Crippen molar-refractivity contribution in [3.05, 3.63) is 75.4 Å². The van der Waals surface area contributed by atoms with Crippen LogP contribution < -0.4 is 9.04 Å². The molecule has 0 N–H and O–H groups in total. The molecule has 1 saturated heterocycles. The highest BCUT2D eigenvalue weighted by Crippen LogP contribution is 2.30. The summed E-state index contributed by atoms with van der Waals surface area (Å²) in [6, 6.07) is 15.4. The third-order valence-corrected chi connectivity index (χ3v) is 8.29. The van der Waals surface area contributed by atoms with Gasteiger partial charge >= 0.3 is 0 Å². The molecule has 0 saturated carbocycles. The number of thiophene rings is 1. The van der Waals surface area contributed by atoms with Crippen LogP contribution in [-0.2, 0) is 27.8 Å². The number of nitrogens with zero attached hydrogens (tertiary/aromatic N) is 2. The molecule has 0 atom stereocenters. The predicted molar refractivity (Wildman–Crippen MR) is 128 cm³/mol. The van der Waals surface area contributed by atoms with Crippen LogP contribution in [-0.4, -0.2) is 46.7 Å². The molecule has 1 aromatic heterocycles. The third kappa shape index (κ3) is 5.44. The van der Waals surface area contributed by atoms with Gasteiger partial charge in [-0.25, -0.2) is 8.42 Å². The van der Waals surface area contributed by atoms with E-state index in [4.69, 9.17) is 21.1 Å². The second-order valence-electron chi connectivity index (χ2n) is 7.47. The lowest BCUT2D eigenvalue weighted by atomic mass is 10.2. The summed E-state index contributed by atoms with van der Waals surface area (Å²) in [4.78, 5) is 3.52. The first-order valence-corrected chi connectivity index (χ1v) is 12.9. The summed E-state index contributed by atoms with van der Waals surface area (Å²) in [5, 5.41) is 2.59. The Morgan fingerprint density at radius 2 is 1.78 bits per heavy atom. The molecule has 32 heavy (non-hydrogen) atoms. The number of hydrogen-bond donors (Lipinski definition) is 0. The minimum absolute atomic E-state index is 0.197. The summed E-state index contributed by atoms with van der Waals surface area (Å²) in [7, 11) is -2.21. The maximum Gasteiger partial charge on any atom is 0.264 e. The van der Waals surface area contributed by atoms with Gasteiger partial charge in [0, 0.05) is 29.5 Å².